The normalized spacial score (nSPS) is 10.8. The minimum atomic E-state index is 0.715. The molecule has 0 spiro atoms. The van der Waals surface area contributed by atoms with Crippen LogP contribution in [-0.4, -0.2) is 44.8 Å². The van der Waals surface area contributed by atoms with Gasteiger partial charge in [0, 0.05) is 18.7 Å². The van der Waals surface area contributed by atoms with E-state index in [4.69, 9.17) is 9.47 Å². The molecule has 0 aliphatic rings. The highest BCUT2D eigenvalue weighted by molar-refractivity contribution is 5.40. The summed E-state index contributed by atoms with van der Waals surface area (Å²) in [6.45, 7) is 12.0. The molecule has 1 rings (SSSR count). The van der Waals surface area contributed by atoms with Crippen LogP contribution in [0.4, 0.5) is 0 Å². The monoisotopic (exact) mass is 280 g/mol. The molecule has 0 amide bonds. The summed E-state index contributed by atoms with van der Waals surface area (Å²) in [5.41, 5.74) is 1.14. The molecule has 0 saturated heterocycles. The number of rotatable bonds is 10. The second kappa shape index (κ2) is 9.61. The number of benzene rings is 1. The lowest BCUT2D eigenvalue weighted by Crippen LogP contribution is -2.28. The van der Waals surface area contributed by atoms with Crippen molar-refractivity contribution in [2.45, 2.75) is 27.3 Å². The van der Waals surface area contributed by atoms with Crippen LogP contribution in [0.2, 0.25) is 0 Å². The smallest absolute Gasteiger partial charge is 0.124 e. The maximum absolute atomic E-state index is 5.93. The lowest BCUT2D eigenvalue weighted by Gasteiger charge is -2.19. The first kappa shape index (κ1) is 16.8. The summed E-state index contributed by atoms with van der Waals surface area (Å²) in [6, 6.07) is 5.98. The Bertz CT molecular complexity index is 379. The van der Waals surface area contributed by atoms with Crippen molar-refractivity contribution in [3.05, 3.63) is 23.8 Å². The highest BCUT2D eigenvalue weighted by Crippen LogP contribution is 2.24. The van der Waals surface area contributed by atoms with E-state index < -0.39 is 0 Å². The molecule has 0 fully saturated rings. The molecular formula is C16H28N2O2. The van der Waals surface area contributed by atoms with Crippen LogP contribution in [0.1, 0.15) is 26.3 Å². The van der Waals surface area contributed by atoms with Gasteiger partial charge in [-0.2, -0.15) is 0 Å². The van der Waals surface area contributed by atoms with Gasteiger partial charge in [0.2, 0.25) is 0 Å². The largest absolute Gasteiger partial charge is 0.497 e. The van der Waals surface area contributed by atoms with Gasteiger partial charge in [-0.15, -0.1) is 0 Å². The van der Waals surface area contributed by atoms with E-state index in [0.717, 1.165) is 49.8 Å². The first-order chi connectivity index (χ1) is 9.74. The van der Waals surface area contributed by atoms with E-state index in [1.165, 1.54) is 0 Å². The predicted octanol–water partition coefficient (Wildman–Crippen LogP) is 2.53. The minimum absolute atomic E-state index is 0.715. The third-order valence-electron chi connectivity index (χ3n) is 3.39. The summed E-state index contributed by atoms with van der Waals surface area (Å²) in [4.78, 5) is 2.35. The van der Waals surface area contributed by atoms with E-state index >= 15 is 0 Å². The quantitative estimate of drug-likeness (QED) is 0.714. The number of nitrogens with zero attached hydrogens (tertiary/aromatic N) is 1. The summed E-state index contributed by atoms with van der Waals surface area (Å²) in [6.07, 6.45) is 0. The maximum atomic E-state index is 5.93. The van der Waals surface area contributed by atoms with Crippen molar-refractivity contribution in [3.8, 4) is 11.5 Å². The van der Waals surface area contributed by atoms with Crippen molar-refractivity contribution in [2.24, 2.45) is 0 Å². The van der Waals surface area contributed by atoms with Crippen LogP contribution >= 0.6 is 0 Å². The van der Waals surface area contributed by atoms with E-state index in [0.29, 0.717) is 6.61 Å². The lowest BCUT2D eigenvalue weighted by molar-refractivity contribution is 0.221. The average Bonchev–Trinajstić information content (AvgIpc) is 2.50. The molecule has 0 bridgehead atoms. The molecule has 0 aliphatic carbocycles. The molecule has 0 radical (unpaired) electrons. The minimum Gasteiger partial charge on any atom is -0.497 e. The van der Waals surface area contributed by atoms with Gasteiger partial charge in [0.1, 0.15) is 18.1 Å². The van der Waals surface area contributed by atoms with E-state index in [-0.39, 0.29) is 0 Å². The van der Waals surface area contributed by atoms with Gasteiger partial charge in [0.25, 0.3) is 0 Å². The average molecular weight is 280 g/mol. The van der Waals surface area contributed by atoms with Gasteiger partial charge in [-0.1, -0.05) is 20.8 Å². The highest BCUT2D eigenvalue weighted by atomic mass is 16.5. The molecule has 1 N–H and O–H groups in total. The summed E-state index contributed by atoms with van der Waals surface area (Å²) in [5.74, 6) is 1.81. The van der Waals surface area contributed by atoms with Gasteiger partial charge in [-0.25, -0.2) is 0 Å². The van der Waals surface area contributed by atoms with Crippen molar-refractivity contribution in [3.63, 3.8) is 0 Å². The Labute approximate surface area is 123 Å². The fourth-order valence-corrected chi connectivity index (χ4v) is 2.05. The van der Waals surface area contributed by atoms with Gasteiger partial charge in [-0.05, 0) is 37.8 Å². The molecule has 4 heteroatoms. The van der Waals surface area contributed by atoms with Gasteiger partial charge >= 0.3 is 0 Å². The number of methoxy groups -OCH3 is 1. The third-order valence-corrected chi connectivity index (χ3v) is 3.39. The van der Waals surface area contributed by atoms with Crippen LogP contribution in [0.15, 0.2) is 18.2 Å². The Morgan fingerprint density at radius 1 is 1.15 bits per heavy atom. The molecule has 0 saturated carbocycles. The first-order valence-corrected chi connectivity index (χ1v) is 7.47. The molecule has 0 aliphatic heterocycles. The Balaban J connectivity index is 2.62. The SMILES string of the molecule is CCNCc1cc(OC)ccc1OCCN(CC)CC. The standard InChI is InChI=1S/C16H28N2O2/c1-5-17-13-14-12-15(19-4)8-9-16(14)20-11-10-18(6-2)7-3/h8-9,12,17H,5-7,10-11,13H2,1-4H3. The molecule has 4 nitrogen and oxygen atoms in total. The van der Waals surface area contributed by atoms with Crippen molar-refractivity contribution in [1.82, 2.24) is 10.2 Å². The van der Waals surface area contributed by atoms with Crippen molar-refractivity contribution in [1.29, 1.82) is 0 Å². The molecular weight excluding hydrogens is 252 g/mol. The van der Waals surface area contributed by atoms with Gasteiger partial charge < -0.3 is 19.7 Å². The van der Waals surface area contributed by atoms with Crippen LogP contribution in [0, 0.1) is 0 Å². The van der Waals surface area contributed by atoms with Gasteiger partial charge in [0.05, 0.1) is 7.11 Å². The molecule has 0 heterocycles. The zero-order chi connectivity index (χ0) is 14.8. The third kappa shape index (κ3) is 5.39. The molecule has 0 unspecified atom stereocenters. The Hall–Kier alpha value is -1.26. The number of ether oxygens (including phenoxy) is 2. The number of hydrogen-bond donors (Lipinski definition) is 1. The Kier molecular flexibility index (Phi) is 8.07. The summed E-state index contributed by atoms with van der Waals surface area (Å²) < 4.78 is 11.2. The number of likely N-dealkylation sites (N-methyl/N-ethyl adjacent to an activating group) is 1. The summed E-state index contributed by atoms with van der Waals surface area (Å²) >= 11 is 0. The highest BCUT2D eigenvalue weighted by Gasteiger charge is 2.06. The Morgan fingerprint density at radius 2 is 1.90 bits per heavy atom. The van der Waals surface area contributed by atoms with E-state index in [1.54, 1.807) is 7.11 Å². The number of nitrogens with one attached hydrogen (secondary N) is 1. The van der Waals surface area contributed by atoms with Crippen LogP contribution < -0.4 is 14.8 Å². The molecule has 114 valence electrons. The molecule has 20 heavy (non-hydrogen) atoms. The zero-order valence-electron chi connectivity index (χ0n) is 13.2. The Morgan fingerprint density at radius 3 is 2.50 bits per heavy atom. The maximum Gasteiger partial charge on any atom is 0.124 e. The molecule has 1 aromatic carbocycles. The second-order valence-corrected chi connectivity index (χ2v) is 4.63. The molecule has 0 aromatic heterocycles. The van der Waals surface area contributed by atoms with E-state index in [1.807, 2.05) is 18.2 Å². The fraction of sp³-hybridized carbons (Fsp3) is 0.625. The molecule has 0 atom stereocenters. The summed E-state index contributed by atoms with van der Waals surface area (Å²) in [5, 5.41) is 3.33. The van der Waals surface area contributed by atoms with Crippen molar-refractivity contribution < 1.29 is 9.47 Å². The fourth-order valence-electron chi connectivity index (χ4n) is 2.05. The van der Waals surface area contributed by atoms with E-state index in [9.17, 15) is 0 Å². The van der Waals surface area contributed by atoms with Crippen molar-refractivity contribution >= 4 is 0 Å². The lowest BCUT2D eigenvalue weighted by atomic mass is 10.2. The predicted molar refractivity (Wildman–Crippen MR) is 83.7 cm³/mol. The first-order valence-electron chi connectivity index (χ1n) is 7.47. The van der Waals surface area contributed by atoms with Crippen LogP contribution in [0.3, 0.4) is 0 Å². The van der Waals surface area contributed by atoms with Crippen molar-refractivity contribution in [2.75, 3.05) is 39.9 Å². The number of hydrogen-bond acceptors (Lipinski definition) is 4. The topological polar surface area (TPSA) is 33.7 Å². The van der Waals surface area contributed by atoms with Gasteiger partial charge in [-0.3, -0.25) is 0 Å². The van der Waals surface area contributed by atoms with Gasteiger partial charge in [0.15, 0.2) is 0 Å². The van der Waals surface area contributed by atoms with Crippen LogP contribution in [0.25, 0.3) is 0 Å². The molecule has 1 aromatic rings. The second-order valence-electron chi connectivity index (χ2n) is 4.63. The zero-order valence-corrected chi connectivity index (χ0v) is 13.2. The van der Waals surface area contributed by atoms with Crippen LogP contribution in [-0.2, 0) is 6.54 Å². The van der Waals surface area contributed by atoms with E-state index in [2.05, 4.69) is 31.0 Å². The summed E-state index contributed by atoms with van der Waals surface area (Å²) in [7, 11) is 1.69. The van der Waals surface area contributed by atoms with Crippen LogP contribution in [0.5, 0.6) is 11.5 Å².